The van der Waals surface area contributed by atoms with E-state index in [9.17, 15) is 4.79 Å². The van der Waals surface area contributed by atoms with Crippen LogP contribution in [-0.2, 0) is 6.54 Å². The Morgan fingerprint density at radius 3 is 2.37 bits per heavy atom. The standard InChI is InChI=1S/C22H31N3OS/c1-5-25(6-2)13-14-27-21-12-11-20(16-23-21)22(26)24-15-18-7-9-19(10-8-18)17(3)4/h7-12,16-17H,5-6,13-15H2,1-4H3,(H,24,26). The second-order valence-electron chi connectivity index (χ2n) is 6.84. The van der Waals surface area contributed by atoms with Gasteiger partial charge in [0.25, 0.3) is 5.91 Å². The van der Waals surface area contributed by atoms with E-state index in [2.05, 4.69) is 67.2 Å². The van der Waals surface area contributed by atoms with Gasteiger partial charge < -0.3 is 10.2 Å². The Morgan fingerprint density at radius 2 is 1.81 bits per heavy atom. The number of carbonyl (C=O) groups excluding carboxylic acids is 1. The van der Waals surface area contributed by atoms with Crippen LogP contribution in [0.3, 0.4) is 0 Å². The van der Waals surface area contributed by atoms with Crippen molar-refractivity contribution < 1.29 is 4.79 Å². The fourth-order valence-corrected chi connectivity index (χ4v) is 3.57. The summed E-state index contributed by atoms with van der Waals surface area (Å²) in [5.41, 5.74) is 3.01. The molecule has 1 aromatic carbocycles. The van der Waals surface area contributed by atoms with Gasteiger partial charge in [-0.2, -0.15) is 0 Å². The zero-order chi connectivity index (χ0) is 19.6. The van der Waals surface area contributed by atoms with E-state index in [1.807, 2.05) is 12.1 Å². The van der Waals surface area contributed by atoms with Crippen LogP contribution in [-0.4, -0.2) is 41.2 Å². The molecule has 146 valence electrons. The van der Waals surface area contributed by atoms with Crippen molar-refractivity contribution in [1.29, 1.82) is 0 Å². The van der Waals surface area contributed by atoms with E-state index in [0.717, 1.165) is 36.0 Å². The first-order valence-electron chi connectivity index (χ1n) is 9.71. The molecule has 0 aliphatic heterocycles. The molecule has 0 aliphatic carbocycles. The Labute approximate surface area is 167 Å². The lowest BCUT2D eigenvalue weighted by Gasteiger charge is -2.17. The number of hydrogen-bond donors (Lipinski definition) is 1. The van der Waals surface area contributed by atoms with E-state index in [1.54, 1.807) is 18.0 Å². The van der Waals surface area contributed by atoms with E-state index in [-0.39, 0.29) is 5.91 Å². The number of hydrogen-bond acceptors (Lipinski definition) is 4. The maximum Gasteiger partial charge on any atom is 0.253 e. The Balaban J connectivity index is 1.81. The second-order valence-corrected chi connectivity index (χ2v) is 7.95. The van der Waals surface area contributed by atoms with Crippen LogP contribution in [0.5, 0.6) is 0 Å². The Morgan fingerprint density at radius 1 is 1.11 bits per heavy atom. The summed E-state index contributed by atoms with van der Waals surface area (Å²) in [6, 6.07) is 12.2. The van der Waals surface area contributed by atoms with E-state index < -0.39 is 0 Å². The van der Waals surface area contributed by atoms with Gasteiger partial charge in [-0.3, -0.25) is 4.79 Å². The maximum atomic E-state index is 12.3. The number of rotatable bonds is 10. The molecule has 1 heterocycles. The molecule has 4 nitrogen and oxygen atoms in total. The van der Waals surface area contributed by atoms with Crippen LogP contribution >= 0.6 is 11.8 Å². The van der Waals surface area contributed by atoms with Crippen molar-refractivity contribution in [1.82, 2.24) is 15.2 Å². The van der Waals surface area contributed by atoms with Crippen molar-refractivity contribution >= 4 is 17.7 Å². The third-order valence-electron chi connectivity index (χ3n) is 4.65. The van der Waals surface area contributed by atoms with E-state index in [4.69, 9.17) is 0 Å². The van der Waals surface area contributed by atoms with Gasteiger partial charge in [0, 0.05) is 25.0 Å². The highest BCUT2D eigenvalue weighted by Crippen LogP contribution is 2.16. The van der Waals surface area contributed by atoms with Gasteiger partial charge >= 0.3 is 0 Å². The molecule has 27 heavy (non-hydrogen) atoms. The fourth-order valence-electron chi connectivity index (χ4n) is 2.72. The maximum absolute atomic E-state index is 12.3. The van der Waals surface area contributed by atoms with Crippen LogP contribution in [0.1, 0.15) is 55.1 Å². The average molecular weight is 386 g/mol. The van der Waals surface area contributed by atoms with Crippen LogP contribution in [0.2, 0.25) is 0 Å². The second kappa shape index (κ2) is 11.1. The summed E-state index contributed by atoms with van der Waals surface area (Å²) in [7, 11) is 0. The Kier molecular flexibility index (Phi) is 8.82. The van der Waals surface area contributed by atoms with Crippen LogP contribution in [0.15, 0.2) is 47.6 Å². The minimum atomic E-state index is -0.0878. The summed E-state index contributed by atoms with van der Waals surface area (Å²) in [6.07, 6.45) is 1.66. The summed E-state index contributed by atoms with van der Waals surface area (Å²) in [5.74, 6) is 1.44. The first-order valence-corrected chi connectivity index (χ1v) is 10.7. The highest BCUT2D eigenvalue weighted by Gasteiger charge is 2.07. The van der Waals surface area contributed by atoms with Crippen molar-refractivity contribution in [3.05, 3.63) is 59.3 Å². The molecule has 1 aromatic heterocycles. The molecule has 5 heteroatoms. The largest absolute Gasteiger partial charge is 0.348 e. The third kappa shape index (κ3) is 7.00. The minimum absolute atomic E-state index is 0.0878. The normalized spacial score (nSPS) is 11.2. The third-order valence-corrected chi connectivity index (χ3v) is 5.57. The van der Waals surface area contributed by atoms with Crippen molar-refractivity contribution in [2.45, 2.75) is 45.2 Å². The summed E-state index contributed by atoms with van der Waals surface area (Å²) in [4.78, 5) is 19.1. The molecule has 0 saturated heterocycles. The molecule has 0 unspecified atom stereocenters. The lowest BCUT2D eigenvalue weighted by Crippen LogP contribution is -2.25. The Hall–Kier alpha value is -1.85. The molecule has 0 saturated carbocycles. The van der Waals surface area contributed by atoms with Crippen LogP contribution in [0.25, 0.3) is 0 Å². The van der Waals surface area contributed by atoms with Crippen molar-refractivity contribution in [3.8, 4) is 0 Å². The number of nitrogens with one attached hydrogen (secondary N) is 1. The minimum Gasteiger partial charge on any atom is -0.348 e. The van der Waals surface area contributed by atoms with Gasteiger partial charge in [0.05, 0.1) is 10.6 Å². The fraction of sp³-hybridized carbons (Fsp3) is 0.455. The monoisotopic (exact) mass is 385 g/mol. The summed E-state index contributed by atoms with van der Waals surface area (Å²) in [6.45, 7) is 12.4. The molecule has 0 atom stereocenters. The molecule has 1 amide bonds. The van der Waals surface area contributed by atoms with Crippen LogP contribution in [0.4, 0.5) is 0 Å². The zero-order valence-electron chi connectivity index (χ0n) is 16.9. The molecule has 2 rings (SSSR count). The van der Waals surface area contributed by atoms with Crippen molar-refractivity contribution in [3.63, 3.8) is 0 Å². The summed E-state index contributed by atoms with van der Waals surface area (Å²) < 4.78 is 0. The molecule has 0 fully saturated rings. The number of carbonyl (C=O) groups is 1. The summed E-state index contributed by atoms with van der Waals surface area (Å²) >= 11 is 1.73. The topological polar surface area (TPSA) is 45.2 Å². The van der Waals surface area contributed by atoms with E-state index in [0.29, 0.717) is 18.0 Å². The molecule has 0 bridgehead atoms. The first kappa shape index (κ1) is 21.5. The highest BCUT2D eigenvalue weighted by atomic mass is 32.2. The highest BCUT2D eigenvalue weighted by molar-refractivity contribution is 7.99. The predicted octanol–water partition coefficient (Wildman–Crippen LogP) is 4.57. The first-order chi connectivity index (χ1) is 13.0. The van der Waals surface area contributed by atoms with Gasteiger partial charge in [-0.15, -0.1) is 11.8 Å². The SMILES string of the molecule is CCN(CC)CCSc1ccc(C(=O)NCc2ccc(C(C)C)cc2)cn1. The zero-order valence-corrected chi connectivity index (χ0v) is 17.7. The molecule has 0 radical (unpaired) electrons. The lowest BCUT2D eigenvalue weighted by molar-refractivity contribution is 0.0950. The van der Waals surface area contributed by atoms with Gasteiger partial charge in [0.1, 0.15) is 0 Å². The van der Waals surface area contributed by atoms with Gasteiger partial charge in [0.2, 0.25) is 0 Å². The lowest BCUT2D eigenvalue weighted by atomic mass is 10.0. The quantitative estimate of drug-likeness (QED) is 0.609. The summed E-state index contributed by atoms with van der Waals surface area (Å²) in [5, 5.41) is 3.93. The number of thioether (sulfide) groups is 1. The van der Waals surface area contributed by atoms with E-state index in [1.165, 1.54) is 5.56 Å². The molecular weight excluding hydrogens is 354 g/mol. The van der Waals surface area contributed by atoms with Crippen LogP contribution in [0, 0.1) is 0 Å². The van der Waals surface area contributed by atoms with Crippen molar-refractivity contribution in [2.24, 2.45) is 0 Å². The number of benzene rings is 1. The van der Waals surface area contributed by atoms with Crippen molar-refractivity contribution in [2.75, 3.05) is 25.4 Å². The number of aromatic nitrogens is 1. The van der Waals surface area contributed by atoms with Gasteiger partial charge in [0.15, 0.2) is 0 Å². The molecular formula is C22H31N3OS. The molecule has 1 N–H and O–H groups in total. The van der Waals surface area contributed by atoms with Gasteiger partial charge in [-0.25, -0.2) is 4.98 Å². The van der Waals surface area contributed by atoms with Gasteiger partial charge in [-0.05, 0) is 42.3 Å². The number of pyridine rings is 1. The van der Waals surface area contributed by atoms with Gasteiger partial charge in [-0.1, -0.05) is 52.0 Å². The number of amides is 1. The molecule has 0 spiro atoms. The number of nitrogens with zero attached hydrogens (tertiary/aromatic N) is 2. The predicted molar refractivity (Wildman–Crippen MR) is 114 cm³/mol. The Bertz CT molecular complexity index is 695. The van der Waals surface area contributed by atoms with Crippen LogP contribution < -0.4 is 5.32 Å². The smallest absolute Gasteiger partial charge is 0.253 e. The van der Waals surface area contributed by atoms with E-state index >= 15 is 0 Å². The molecule has 2 aromatic rings. The molecule has 0 aliphatic rings. The average Bonchev–Trinajstić information content (AvgIpc) is 2.70.